The van der Waals surface area contributed by atoms with E-state index in [2.05, 4.69) is 55.1 Å². The van der Waals surface area contributed by atoms with Crippen molar-refractivity contribution in [1.29, 1.82) is 0 Å². The summed E-state index contributed by atoms with van der Waals surface area (Å²) in [4.78, 5) is 156. The zero-order chi connectivity index (χ0) is 74.9. The average Bonchev–Trinajstić information content (AvgIpc) is 1.79. The van der Waals surface area contributed by atoms with Crippen LogP contribution in [0.1, 0.15) is 46.7 Å². The molecule has 560 valence electrons. The summed E-state index contributed by atoms with van der Waals surface area (Å²) in [6.45, 7) is -2.88. The standard InChI is InChI=1S/C10H13Cl2N2O7P.C10H17N2O15P3.C10H15N2O14P3.C10H14N2O6/c1-14-9(17)4(2-13-10(14)18)8-7(16)6(15)5(21-8)3-20-22(11,12)19;1-12-9(15)4(2-11-10(12)16)8-7(14)6(13)5(25-8)3-24-29(20,21)27-30(22,23)26-28(17,18)19;1-12-9(15)4(2-11-10(12)16)8-7(14)6(13)5(23-8)3-22-29(21)25-27(17,18)24-28(19,20)26-29;1-12-9(16)4(2-11-10(12)17)8-7(15)6(14)5(3-13)18-8/h2,5-8,15-16H,3H2,1H3,(H,13,18);2,5-8,13-14H,3H2,1H3,(H,11,16)(H,20,21)(H,22,23)(H2,17,18,19);2,5-8,13-14H,3H2,1H3,(H,11,16)(H,17,18)(H,19,20);2,5-8,13-15H,3H2,1H3,(H,11,17)/t4*5-,6?,7+,8+/m1111/s1. The highest BCUT2D eigenvalue weighted by molar-refractivity contribution is 8.05. The Bertz CT molecular complexity index is 4440. The number of hydrogen-bond acceptors (Lipinski definition) is 36. The molecule has 5 saturated heterocycles. The number of aromatic amines is 4. The van der Waals surface area contributed by atoms with Crippen LogP contribution >= 0.6 is 75.5 Å². The summed E-state index contributed by atoms with van der Waals surface area (Å²) < 4.78 is 136. The smallest absolute Gasteiger partial charge is 0.394 e. The second-order valence-electron chi connectivity index (χ2n) is 20.7. The maximum atomic E-state index is 12.2. The number of phosphoric acid groups is 6. The molecule has 4 aromatic heterocycles. The van der Waals surface area contributed by atoms with Crippen molar-refractivity contribution < 1.29 is 161 Å². The van der Waals surface area contributed by atoms with Crippen LogP contribution in [0.25, 0.3) is 0 Å². The van der Waals surface area contributed by atoms with Crippen molar-refractivity contribution in [2.75, 3.05) is 26.4 Å². The van der Waals surface area contributed by atoms with Crippen LogP contribution in [0.4, 0.5) is 0 Å². The number of aliphatic hydroxyl groups is 9. The predicted molar refractivity (Wildman–Crippen MR) is 316 cm³/mol. The molecule has 59 heteroatoms. The van der Waals surface area contributed by atoms with Crippen LogP contribution in [0.15, 0.2) is 63.1 Å². The molecule has 50 nitrogen and oxygen atoms in total. The molecule has 0 radical (unpaired) electrons. The quantitative estimate of drug-likeness (QED) is 0.0412. The summed E-state index contributed by atoms with van der Waals surface area (Å²) in [7, 11) is -27.6. The molecular weight excluding hydrogens is 1550 g/mol. The van der Waals surface area contributed by atoms with Crippen molar-refractivity contribution in [1.82, 2.24) is 38.2 Å². The molecule has 19 N–H and O–H groups in total. The lowest BCUT2D eigenvalue weighted by Crippen LogP contribution is -2.37. The zero-order valence-electron chi connectivity index (χ0n) is 49.8. The number of H-pyrrole nitrogens is 4. The number of nitrogens with one attached hydrogen (secondary N) is 4. The molecule has 8 unspecified atom stereocenters. The Morgan fingerprint density at radius 2 is 0.727 bits per heavy atom. The number of hydrogen-bond donors (Lipinski definition) is 19. The van der Waals surface area contributed by atoms with Crippen LogP contribution in [0.5, 0.6) is 0 Å². The number of aliphatic hydroxyl groups excluding tert-OH is 9. The monoisotopic (exact) mass is 1610 g/mol. The highest BCUT2D eigenvalue weighted by atomic mass is 35.9. The Morgan fingerprint density at radius 1 is 0.444 bits per heavy atom. The van der Waals surface area contributed by atoms with Gasteiger partial charge in [-0.3, -0.25) is 51.1 Å². The van der Waals surface area contributed by atoms with Crippen LogP contribution in [0.3, 0.4) is 0 Å². The Balaban J connectivity index is 0.000000212. The summed E-state index contributed by atoms with van der Waals surface area (Å²) in [5.41, 5.74) is -6.19. The van der Waals surface area contributed by atoms with Gasteiger partial charge in [-0.05, 0) is 22.5 Å². The molecular formula is C40H59Cl2N8O42P7. The van der Waals surface area contributed by atoms with Crippen LogP contribution in [-0.4, -0.2) is 213 Å². The first-order chi connectivity index (χ1) is 45.3. The van der Waals surface area contributed by atoms with E-state index in [9.17, 15) is 116 Å². The number of phosphoric ester groups is 1. The summed E-state index contributed by atoms with van der Waals surface area (Å²) in [5.74, 6) is 0. The van der Waals surface area contributed by atoms with Gasteiger partial charge in [0.2, 0.25) is 0 Å². The zero-order valence-corrected chi connectivity index (χ0v) is 57.6. The maximum absolute atomic E-state index is 12.2. The van der Waals surface area contributed by atoms with E-state index < -0.39 is 222 Å². The highest BCUT2D eigenvalue weighted by Crippen LogP contribution is 2.80. The molecule has 0 amide bonds. The van der Waals surface area contributed by atoms with E-state index >= 15 is 0 Å². The summed E-state index contributed by atoms with van der Waals surface area (Å²) in [5, 5.41) is 88.5. The third kappa shape index (κ3) is 21.1. The lowest BCUT2D eigenvalue weighted by molar-refractivity contribution is -0.0237. The summed E-state index contributed by atoms with van der Waals surface area (Å²) in [6.07, 6.45) is -22.3. The number of halogens is 2. The minimum Gasteiger partial charge on any atom is -0.394 e. The van der Waals surface area contributed by atoms with Crippen molar-refractivity contribution in [3.8, 4) is 0 Å². The SMILES string of the molecule is Cn1c(=O)[nH]cc([C@@H]2O[C@H](CO)C(O)[C@@H]2O)c1=O.Cn1c(=O)[nH]cc([C@@H]2O[C@H](COP(=O)(Cl)Cl)C(O)[C@@H]2O)c1=O.Cn1c(=O)[nH]cc([C@@H]2O[C@H](COP(=O)(O)OP(=O)(O)OP(=O)(O)O)C(O)[C@@H]2O)c1=O.Cn1c(=O)[nH]cc([C@@H]2O[C@H](COP3(=O)OP(=O)(O)OP(=O)(O)O3)C(O)[C@@H]2O)c1=O. The Kier molecular flexibility index (Phi) is 27.5. The molecule has 4 aromatic rings. The van der Waals surface area contributed by atoms with Crippen LogP contribution in [0, 0.1) is 0 Å². The number of aromatic nitrogens is 8. The lowest BCUT2D eigenvalue weighted by atomic mass is 10.0. The van der Waals surface area contributed by atoms with Crippen LogP contribution < -0.4 is 45.0 Å². The van der Waals surface area contributed by atoms with Gasteiger partial charge >= 0.3 is 75.8 Å². The second-order valence-corrected chi connectivity index (χ2v) is 34.3. The third-order valence-corrected chi connectivity index (χ3v) is 24.1. The van der Waals surface area contributed by atoms with Gasteiger partial charge in [0, 0.05) is 53.0 Å². The van der Waals surface area contributed by atoms with Gasteiger partial charge in [0.25, 0.3) is 22.2 Å². The van der Waals surface area contributed by atoms with Gasteiger partial charge < -0.3 is 119 Å². The lowest BCUT2D eigenvalue weighted by Gasteiger charge is -2.27. The molecule has 5 fully saturated rings. The fraction of sp³-hybridized carbons (Fsp3) is 0.600. The average molecular weight is 1610 g/mol. The molecule has 0 aromatic carbocycles. The van der Waals surface area contributed by atoms with Gasteiger partial charge in [0.1, 0.15) is 97.7 Å². The largest absolute Gasteiger partial charge is 0.492 e. The van der Waals surface area contributed by atoms with Gasteiger partial charge in [-0.2, -0.15) is 21.6 Å². The van der Waals surface area contributed by atoms with E-state index in [1.165, 1.54) is 14.1 Å². The number of ether oxygens (including phenoxy) is 4. The molecule has 0 bridgehead atoms. The van der Waals surface area contributed by atoms with E-state index in [4.69, 9.17) is 71.0 Å². The van der Waals surface area contributed by atoms with Crippen molar-refractivity contribution in [3.63, 3.8) is 0 Å². The van der Waals surface area contributed by atoms with Gasteiger partial charge in [-0.25, -0.2) is 46.6 Å². The maximum Gasteiger partial charge on any atom is 0.492 e. The molecule has 0 aliphatic carbocycles. The molecule has 9 heterocycles. The fourth-order valence-corrected chi connectivity index (χ4v) is 17.6. The molecule has 0 saturated carbocycles. The molecule has 5 aliphatic rings. The summed E-state index contributed by atoms with van der Waals surface area (Å²) in [6, 6.07) is 0. The van der Waals surface area contributed by atoms with E-state index in [0.29, 0.717) is 9.13 Å². The second kappa shape index (κ2) is 32.5. The topological polar surface area (TPSA) is 753 Å². The van der Waals surface area contributed by atoms with Gasteiger partial charge in [0.05, 0.1) is 48.7 Å². The molecule has 0 spiro atoms. The van der Waals surface area contributed by atoms with Crippen LogP contribution in [0.2, 0.25) is 0 Å². The van der Waals surface area contributed by atoms with Crippen molar-refractivity contribution in [3.05, 3.63) is 130 Å². The first kappa shape index (κ1) is 83.8. The van der Waals surface area contributed by atoms with E-state index in [1.54, 1.807) is 0 Å². The van der Waals surface area contributed by atoms with E-state index in [0.717, 1.165) is 48.0 Å². The van der Waals surface area contributed by atoms with E-state index in [1.807, 2.05) is 0 Å². The fourth-order valence-electron chi connectivity index (χ4n) is 9.01. The van der Waals surface area contributed by atoms with E-state index in [-0.39, 0.29) is 22.3 Å². The first-order valence-corrected chi connectivity index (χ1v) is 39.0. The molecule has 20 atom stereocenters. The van der Waals surface area contributed by atoms with Crippen molar-refractivity contribution in [2.45, 2.75) is 97.7 Å². The normalized spacial score (nSPS) is 33.5. The Labute approximate surface area is 555 Å². The van der Waals surface area contributed by atoms with Crippen molar-refractivity contribution >= 4 is 75.5 Å². The third-order valence-electron chi connectivity index (χ3n) is 13.9. The number of rotatable bonds is 18. The minimum atomic E-state index is -5.73. The predicted octanol–water partition coefficient (Wildman–Crippen LogP) is -6.73. The first-order valence-electron chi connectivity index (χ1n) is 26.6. The molecule has 5 aliphatic heterocycles. The molecule has 9 rings (SSSR count). The molecule has 99 heavy (non-hydrogen) atoms. The van der Waals surface area contributed by atoms with Crippen molar-refractivity contribution in [2.24, 2.45) is 28.2 Å². The van der Waals surface area contributed by atoms with Gasteiger partial charge in [-0.15, -0.1) is 0 Å². The van der Waals surface area contributed by atoms with Gasteiger partial charge in [0.15, 0.2) is 0 Å². The van der Waals surface area contributed by atoms with Gasteiger partial charge in [-0.1, -0.05) is 0 Å². The Hall–Kier alpha value is -4.17. The highest BCUT2D eigenvalue weighted by Gasteiger charge is 2.56. The van der Waals surface area contributed by atoms with Crippen LogP contribution in [-0.2, 0) is 114 Å². The summed E-state index contributed by atoms with van der Waals surface area (Å²) >= 11 is 10.4. The Morgan fingerprint density at radius 3 is 1.01 bits per heavy atom. The minimum absolute atomic E-state index is 0.0274. The number of nitrogens with zero attached hydrogens (tertiary/aromatic N) is 4.